The average Bonchev–Trinajstić information content (AvgIpc) is 2.22. The molecule has 0 N–H and O–H groups in total. The standard InChI is InChI=1S/C11H15BrO3S/c1-9-4-5-10(8-11(9)12)16(13,14)7-3-6-15-2/h4-5,8H,3,6-7H2,1-2H3. The van der Waals surface area contributed by atoms with Gasteiger partial charge >= 0.3 is 0 Å². The van der Waals surface area contributed by atoms with Crippen LogP contribution in [0.25, 0.3) is 0 Å². The van der Waals surface area contributed by atoms with E-state index in [4.69, 9.17) is 4.74 Å². The van der Waals surface area contributed by atoms with Crippen LogP contribution in [0, 0.1) is 6.92 Å². The highest BCUT2D eigenvalue weighted by atomic mass is 79.9. The lowest BCUT2D eigenvalue weighted by atomic mass is 10.2. The number of halogens is 1. The molecule has 0 heterocycles. The van der Waals surface area contributed by atoms with Crippen molar-refractivity contribution in [2.24, 2.45) is 0 Å². The molecule has 0 amide bonds. The zero-order valence-electron chi connectivity index (χ0n) is 9.36. The first-order chi connectivity index (χ1) is 7.47. The minimum Gasteiger partial charge on any atom is -0.385 e. The van der Waals surface area contributed by atoms with Gasteiger partial charge in [-0.2, -0.15) is 0 Å². The molecule has 1 rings (SSSR count). The minimum atomic E-state index is -3.18. The van der Waals surface area contributed by atoms with E-state index >= 15 is 0 Å². The number of aryl methyl sites for hydroxylation is 1. The van der Waals surface area contributed by atoms with Crippen LogP contribution < -0.4 is 0 Å². The summed E-state index contributed by atoms with van der Waals surface area (Å²) in [7, 11) is -1.62. The number of methoxy groups -OCH3 is 1. The van der Waals surface area contributed by atoms with Crippen molar-refractivity contribution in [3.63, 3.8) is 0 Å². The van der Waals surface area contributed by atoms with Crippen LogP contribution in [-0.2, 0) is 14.6 Å². The van der Waals surface area contributed by atoms with Crippen LogP contribution in [-0.4, -0.2) is 27.9 Å². The first-order valence-corrected chi connectivity index (χ1v) is 7.40. The van der Waals surface area contributed by atoms with Crippen molar-refractivity contribution in [3.05, 3.63) is 28.2 Å². The van der Waals surface area contributed by atoms with Crippen LogP contribution >= 0.6 is 15.9 Å². The van der Waals surface area contributed by atoms with E-state index in [2.05, 4.69) is 15.9 Å². The number of hydrogen-bond acceptors (Lipinski definition) is 3. The number of hydrogen-bond donors (Lipinski definition) is 0. The summed E-state index contributed by atoms with van der Waals surface area (Å²) >= 11 is 3.33. The summed E-state index contributed by atoms with van der Waals surface area (Å²) in [6.07, 6.45) is 0.518. The van der Waals surface area contributed by atoms with Crippen molar-refractivity contribution in [2.75, 3.05) is 19.5 Å². The Morgan fingerprint density at radius 3 is 2.62 bits per heavy atom. The second-order valence-corrected chi connectivity index (χ2v) is 6.54. The number of sulfone groups is 1. The highest BCUT2D eigenvalue weighted by molar-refractivity contribution is 9.10. The molecule has 1 aromatic rings. The lowest BCUT2D eigenvalue weighted by molar-refractivity contribution is 0.199. The van der Waals surface area contributed by atoms with Gasteiger partial charge in [0.25, 0.3) is 0 Å². The van der Waals surface area contributed by atoms with Gasteiger partial charge in [-0.05, 0) is 31.0 Å². The number of benzene rings is 1. The molecule has 0 aliphatic heterocycles. The van der Waals surface area contributed by atoms with Gasteiger partial charge in [0, 0.05) is 18.2 Å². The van der Waals surface area contributed by atoms with Crippen molar-refractivity contribution in [2.45, 2.75) is 18.2 Å². The zero-order valence-corrected chi connectivity index (χ0v) is 11.8. The summed E-state index contributed by atoms with van der Waals surface area (Å²) < 4.78 is 29.5. The van der Waals surface area contributed by atoms with E-state index in [1.54, 1.807) is 25.3 Å². The van der Waals surface area contributed by atoms with Gasteiger partial charge in [-0.3, -0.25) is 0 Å². The molecular weight excluding hydrogens is 292 g/mol. The second-order valence-electron chi connectivity index (χ2n) is 3.58. The third-order valence-corrected chi connectivity index (χ3v) is 4.92. The fourth-order valence-electron chi connectivity index (χ4n) is 1.28. The fraction of sp³-hybridized carbons (Fsp3) is 0.455. The van der Waals surface area contributed by atoms with Gasteiger partial charge in [0.05, 0.1) is 10.6 Å². The fourth-order valence-corrected chi connectivity index (χ4v) is 3.11. The third-order valence-electron chi connectivity index (χ3n) is 2.26. The minimum absolute atomic E-state index is 0.121. The van der Waals surface area contributed by atoms with Crippen molar-refractivity contribution in [3.8, 4) is 0 Å². The molecule has 3 nitrogen and oxygen atoms in total. The first kappa shape index (κ1) is 13.7. The molecule has 0 aliphatic carbocycles. The zero-order chi connectivity index (χ0) is 12.2. The molecule has 16 heavy (non-hydrogen) atoms. The van der Waals surface area contributed by atoms with Gasteiger partial charge in [0.2, 0.25) is 0 Å². The topological polar surface area (TPSA) is 43.4 Å². The average molecular weight is 307 g/mol. The second kappa shape index (κ2) is 5.80. The molecule has 5 heteroatoms. The maximum atomic E-state index is 11.9. The van der Waals surface area contributed by atoms with Crippen LogP contribution in [0.3, 0.4) is 0 Å². The molecule has 0 saturated carbocycles. The third kappa shape index (κ3) is 3.57. The summed E-state index contributed by atoms with van der Waals surface area (Å²) in [4.78, 5) is 0.362. The number of rotatable bonds is 5. The van der Waals surface area contributed by atoms with Gasteiger partial charge in [-0.25, -0.2) is 8.42 Å². The Balaban J connectivity index is 2.86. The maximum absolute atomic E-state index is 11.9. The SMILES string of the molecule is COCCCS(=O)(=O)c1ccc(C)c(Br)c1. The van der Waals surface area contributed by atoms with E-state index in [-0.39, 0.29) is 5.75 Å². The lowest BCUT2D eigenvalue weighted by Gasteiger charge is -2.06. The summed E-state index contributed by atoms with van der Waals surface area (Å²) in [5.41, 5.74) is 1.02. The van der Waals surface area contributed by atoms with E-state index in [9.17, 15) is 8.42 Å². The quantitative estimate of drug-likeness (QED) is 0.785. The molecule has 0 fully saturated rings. The first-order valence-electron chi connectivity index (χ1n) is 4.95. The molecule has 0 aliphatic rings. The van der Waals surface area contributed by atoms with Gasteiger partial charge in [0.1, 0.15) is 0 Å². The van der Waals surface area contributed by atoms with Gasteiger partial charge < -0.3 is 4.74 Å². The van der Waals surface area contributed by atoms with Crippen molar-refractivity contribution in [1.29, 1.82) is 0 Å². The number of ether oxygens (including phenoxy) is 1. The Morgan fingerprint density at radius 1 is 1.38 bits per heavy atom. The molecule has 0 atom stereocenters. The Hall–Kier alpha value is -0.390. The normalized spacial score (nSPS) is 11.7. The largest absolute Gasteiger partial charge is 0.385 e. The smallest absolute Gasteiger partial charge is 0.178 e. The van der Waals surface area contributed by atoms with Gasteiger partial charge in [0.15, 0.2) is 9.84 Å². The van der Waals surface area contributed by atoms with Crippen LogP contribution in [0.1, 0.15) is 12.0 Å². The molecule has 0 aromatic heterocycles. The van der Waals surface area contributed by atoms with Crippen molar-refractivity contribution < 1.29 is 13.2 Å². The Kier molecular flexibility index (Phi) is 4.95. The molecule has 0 spiro atoms. The van der Waals surface area contributed by atoms with Crippen LogP contribution in [0.2, 0.25) is 0 Å². The highest BCUT2D eigenvalue weighted by Gasteiger charge is 2.14. The summed E-state index contributed by atoms with van der Waals surface area (Å²) in [5.74, 6) is 0.121. The molecule has 1 aromatic carbocycles. The monoisotopic (exact) mass is 306 g/mol. The van der Waals surface area contributed by atoms with Crippen molar-refractivity contribution in [1.82, 2.24) is 0 Å². The van der Waals surface area contributed by atoms with Crippen LogP contribution in [0.15, 0.2) is 27.6 Å². The van der Waals surface area contributed by atoms with Gasteiger partial charge in [-0.1, -0.05) is 22.0 Å². The molecule has 0 saturated heterocycles. The highest BCUT2D eigenvalue weighted by Crippen LogP contribution is 2.21. The predicted octanol–water partition coefficient (Wildman–Crippen LogP) is 2.57. The Morgan fingerprint density at radius 2 is 2.06 bits per heavy atom. The molecular formula is C11H15BrO3S. The summed E-state index contributed by atoms with van der Waals surface area (Å²) in [5, 5.41) is 0. The van der Waals surface area contributed by atoms with Crippen LogP contribution in [0.5, 0.6) is 0 Å². The predicted molar refractivity (Wildman–Crippen MR) is 67.4 cm³/mol. The Bertz CT molecular complexity index is 454. The molecule has 0 bridgehead atoms. The van der Waals surface area contributed by atoms with Gasteiger partial charge in [-0.15, -0.1) is 0 Å². The maximum Gasteiger partial charge on any atom is 0.178 e. The summed E-state index contributed by atoms with van der Waals surface area (Å²) in [6.45, 7) is 2.39. The molecule has 90 valence electrons. The molecule has 0 unspecified atom stereocenters. The lowest BCUT2D eigenvalue weighted by Crippen LogP contribution is -2.09. The summed E-state index contributed by atoms with van der Waals surface area (Å²) in [6, 6.07) is 5.09. The van der Waals surface area contributed by atoms with E-state index in [0.29, 0.717) is 17.9 Å². The van der Waals surface area contributed by atoms with E-state index in [0.717, 1.165) is 10.0 Å². The van der Waals surface area contributed by atoms with Crippen molar-refractivity contribution >= 4 is 25.8 Å². The van der Waals surface area contributed by atoms with E-state index in [1.807, 2.05) is 6.92 Å². The van der Waals surface area contributed by atoms with E-state index < -0.39 is 9.84 Å². The van der Waals surface area contributed by atoms with Crippen LogP contribution in [0.4, 0.5) is 0 Å². The van der Waals surface area contributed by atoms with E-state index in [1.165, 1.54) is 0 Å². The Labute approximate surface area is 105 Å². The molecule has 0 radical (unpaired) electrons.